The number of aromatic nitrogens is 1. The van der Waals surface area contributed by atoms with Gasteiger partial charge in [-0.2, -0.15) is 0 Å². The average Bonchev–Trinajstić information content (AvgIpc) is 3.24. The van der Waals surface area contributed by atoms with Gasteiger partial charge in [0, 0.05) is 26.5 Å². The maximum absolute atomic E-state index is 11.9. The molecule has 4 rings (SSSR count). The maximum Gasteiger partial charge on any atom is 0.336 e. The number of aromatic carboxylic acids is 1. The number of nitrogens with zero attached hydrogens (tertiary/aromatic N) is 1. The van der Waals surface area contributed by atoms with Crippen LogP contribution >= 0.6 is 27.3 Å². The molecule has 5 nitrogen and oxygen atoms in total. The first-order valence-corrected chi connectivity index (χ1v) is 10.3. The SMILES string of the molecule is O=C(O)c1cc(-c2nc(-c3ccc(Br)cc3)cs2)ccc1-c1ccccc1NO. The van der Waals surface area contributed by atoms with Gasteiger partial charge >= 0.3 is 5.97 Å². The van der Waals surface area contributed by atoms with E-state index in [0.29, 0.717) is 16.8 Å². The molecule has 29 heavy (non-hydrogen) atoms. The lowest BCUT2D eigenvalue weighted by Crippen LogP contribution is -2.02. The smallest absolute Gasteiger partial charge is 0.336 e. The molecule has 0 radical (unpaired) electrons. The lowest BCUT2D eigenvalue weighted by molar-refractivity contribution is 0.0698. The van der Waals surface area contributed by atoms with E-state index >= 15 is 0 Å². The summed E-state index contributed by atoms with van der Waals surface area (Å²) in [6.07, 6.45) is 0. The summed E-state index contributed by atoms with van der Waals surface area (Å²) in [5.74, 6) is -1.04. The molecule has 144 valence electrons. The number of thiazole rings is 1. The van der Waals surface area contributed by atoms with Crippen LogP contribution in [0.2, 0.25) is 0 Å². The molecule has 0 saturated carbocycles. The molecular formula is C22H15BrN2O3S. The molecule has 1 aromatic heterocycles. The Labute approximate surface area is 179 Å². The highest BCUT2D eigenvalue weighted by Crippen LogP contribution is 2.35. The molecule has 0 fully saturated rings. The Morgan fingerprint density at radius 3 is 2.41 bits per heavy atom. The molecule has 0 spiro atoms. The summed E-state index contributed by atoms with van der Waals surface area (Å²) in [6.45, 7) is 0. The highest BCUT2D eigenvalue weighted by atomic mass is 79.9. The van der Waals surface area contributed by atoms with Crippen molar-refractivity contribution in [3.63, 3.8) is 0 Å². The first-order chi connectivity index (χ1) is 14.1. The van der Waals surface area contributed by atoms with Crippen molar-refractivity contribution in [2.45, 2.75) is 0 Å². The number of anilines is 1. The number of benzene rings is 3. The van der Waals surface area contributed by atoms with Crippen molar-refractivity contribution in [3.8, 4) is 33.0 Å². The van der Waals surface area contributed by atoms with Crippen LogP contribution in [-0.4, -0.2) is 21.3 Å². The molecule has 0 bridgehead atoms. The van der Waals surface area contributed by atoms with Crippen LogP contribution in [0.5, 0.6) is 0 Å². The van der Waals surface area contributed by atoms with Crippen molar-refractivity contribution in [1.29, 1.82) is 0 Å². The van der Waals surface area contributed by atoms with Gasteiger partial charge in [-0.05, 0) is 29.8 Å². The summed E-state index contributed by atoms with van der Waals surface area (Å²) < 4.78 is 0.996. The molecule has 1 heterocycles. The van der Waals surface area contributed by atoms with Crippen molar-refractivity contribution in [1.82, 2.24) is 4.98 Å². The topological polar surface area (TPSA) is 82.5 Å². The Kier molecular flexibility index (Phi) is 5.44. The molecule has 3 aromatic carbocycles. The van der Waals surface area contributed by atoms with Crippen LogP contribution in [0.3, 0.4) is 0 Å². The fraction of sp³-hybridized carbons (Fsp3) is 0. The minimum Gasteiger partial charge on any atom is -0.478 e. The van der Waals surface area contributed by atoms with Crippen molar-refractivity contribution >= 4 is 38.9 Å². The van der Waals surface area contributed by atoms with E-state index in [2.05, 4.69) is 26.4 Å². The maximum atomic E-state index is 11.9. The molecular weight excluding hydrogens is 452 g/mol. The largest absolute Gasteiger partial charge is 0.478 e. The fourth-order valence-electron chi connectivity index (χ4n) is 3.06. The Morgan fingerprint density at radius 2 is 1.69 bits per heavy atom. The second-order valence-electron chi connectivity index (χ2n) is 6.27. The molecule has 0 amide bonds. The van der Waals surface area contributed by atoms with Gasteiger partial charge in [0.05, 0.1) is 16.9 Å². The van der Waals surface area contributed by atoms with Crippen molar-refractivity contribution < 1.29 is 15.1 Å². The number of carboxylic acid groups (broad SMARTS) is 1. The average molecular weight is 467 g/mol. The quantitative estimate of drug-likeness (QED) is 0.296. The Bertz CT molecular complexity index is 1190. The fourth-order valence-corrected chi connectivity index (χ4v) is 4.15. The molecule has 4 aromatic rings. The van der Waals surface area contributed by atoms with E-state index < -0.39 is 5.97 Å². The van der Waals surface area contributed by atoms with Gasteiger partial charge in [0.2, 0.25) is 0 Å². The van der Waals surface area contributed by atoms with E-state index in [-0.39, 0.29) is 5.56 Å². The van der Waals surface area contributed by atoms with Crippen LogP contribution in [0.15, 0.2) is 76.6 Å². The summed E-state index contributed by atoms with van der Waals surface area (Å²) in [5.41, 5.74) is 6.40. The highest BCUT2D eigenvalue weighted by Gasteiger charge is 2.17. The first-order valence-electron chi connectivity index (χ1n) is 8.65. The zero-order chi connectivity index (χ0) is 20.4. The van der Waals surface area contributed by atoms with E-state index in [1.54, 1.807) is 36.4 Å². The summed E-state index contributed by atoms with van der Waals surface area (Å²) >= 11 is 4.89. The van der Waals surface area contributed by atoms with E-state index in [1.807, 2.05) is 35.7 Å². The van der Waals surface area contributed by atoms with Crippen LogP contribution in [0.25, 0.3) is 33.0 Å². The number of rotatable bonds is 5. The highest BCUT2D eigenvalue weighted by molar-refractivity contribution is 9.10. The van der Waals surface area contributed by atoms with E-state index in [1.165, 1.54) is 11.3 Å². The standard InChI is InChI=1S/C22H15BrN2O3S/c23-15-8-5-13(6-9-15)20-12-29-21(24-20)14-7-10-16(18(11-14)22(26)27)17-3-1-2-4-19(17)25-28/h1-12,25,28H,(H,26,27). The minimum absolute atomic E-state index is 0.144. The van der Waals surface area contributed by atoms with Crippen LogP contribution in [0.4, 0.5) is 5.69 Å². The lowest BCUT2D eigenvalue weighted by Gasteiger charge is -2.12. The van der Waals surface area contributed by atoms with Crippen LogP contribution in [0.1, 0.15) is 10.4 Å². The van der Waals surface area contributed by atoms with Crippen molar-refractivity contribution in [2.24, 2.45) is 0 Å². The van der Waals surface area contributed by atoms with Crippen LogP contribution in [-0.2, 0) is 0 Å². The van der Waals surface area contributed by atoms with Gasteiger partial charge in [-0.15, -0.1) is 11.3 Å². The predicted octanol–water partition coefficient (Wildman–Crippen LogP) is 6.41. The monoisotopic (exact) mass is 466 g/mol. The number of hydrogen-bond acceptors (Lipinski definition) is 5. The normalized spacial score (nSPS) is 10.7. The van der Waals surface area contributed by atoms with E-state index in [4.69, 9.17) is 0 Å². The molecule has 0 aliphatic heterocycles. The molecule has 0 aliphatic carbocycles. The number of halogens is 1. The Morgan fingerprint density at radius 1 is 0.966 bits per heavy atom. The molecule has 7 heteroatoms. The van der Waals surface area contributed by atoms with Gasteiger partial charge in [-0.25, -0.2) is 9.78 Å². The predicted molar refractivity (Wildman–Crippen MR) is 118 cm³/mol. The van der Waals surface area contributed by atoms with E-state index in [9.17, 15) is 15.1 Å². The number of carbonyl (C=O) groups is 1. The third-order valence-electron chi connectivity index (χ3n) is 4.48. The first kappa shape index (κ1) is 19.3. The van der Waals surface area contributed by atoms with Crippen molar-refractivity contribution in [2.75, 3.05) is 5.48 Å². The van der Waals surface area contributed by atoms with Gasteiger partial charge < -0.3 is 5.11 Å². The summed E-state index contributed by atoms with van der Waals surface area (Å²) in [4.78, 5) is 16.6. The van der Waals surface area contributed by atoms with Gasteiger partial charge in [0.25, 0.3) is 0 Å². The summed E-state index contributed by atoms with van der Waals surface area (Å²) in [7, 11) is 0. The van der Waals surface area contributed by atoms with Crippen molar-refractivity contribution in [3.05, 3.63) is 82.1 Å². The summed E-state index contributed by atoms with van der Waals surface area (Å²) in [6, 6.07) is 20.1. The zero-order valence-corrected chi connectivity index (χ0v) is 17.4. The lowest BCUT2D eigenvalue weighted by atomic mass is 9.96. The van der Waals surface area contributed by atoms with Gasteiger partial charge in [-0.3, -0.25) is 10.7 Å². The van der Waals surface area contributed by atoms with Gasteiger partial charge in [-0.1, -0.05) is 58.4 Å². The van der Waals surface area contributed by atoms with E-state index in [0.717, 1.165) is 26.3 Å². The Balaban J connectivity index is 1.76. The number of hydrogen-bond donors (Lipinski definition) is 3. The second-order valence-corrected chi connectivity index (χ2v) is 8.04. The molecule has 0 saturated heterocycles. The third kappa shape index (κ3) is 3.93. The second kappa shape index (κ2) is 8.16. The molecule has 3 N–H and O–H groups in total. The zero-order valence-electron chi connectivity index (χ0n) is 15.0. The molecule has 0 aliphatic rings. The van der Waals surface area contributed by atoms with Gasteiger partial charge in [0.15, 0.2) is 0 Å². The van der Waals surface area contributed by atoms with Crippen LogP contribution in [0, 0.1) is 0 Å². The third-order valence-corrected chi connectivity index (χ3v) is 5.90. The number of nitrogens with one attached hydrogen (secondary N) is 1. The van der Waals surface area contributed by atoms with Crippen LogP contribution < -0.4 is 5.48 Å². The van der Waals surface area contributed by atoms with Gasteiger partial charge in [0.1, 0.15) is 5.01 Å². The Hall–Kier alpha value is -3.00. The molecule has 0 atom stereocenters. The minimum atomic E-state index is -1.04. The molecule has 0 unspecified atom stereocenters. The number of para-hydroxylation sites is 1. The summed E-state index contributed by atoms with van der Waals surface area (Å²) in [5, 5.41) is 21.8. The number of carboxylic acids is 1.